The molecule has 0 bridgehead atoms. The third kappa shape index (κ3) is 3.86. The van der Waals surface area contributed by atoms with E-state index in [0.29, 0.717) is 5.75 Å². The van der Waals surface area contributed by atoms with Crippen LogP contribution in [0.25, 0.3) is 0 Å². The average Bonchev–Trinajstić information content (AvgIpc) is 3.02. The Balaban J connectivity index is 1.62. The van der Waals surface area contributed by atoms with Gasteiger partial charge in [-0.25, -0.2) is 4.79 Å². The first-order valence-electron chi connectivity index (χ1n) is 9.48. The minimum absolute atomic E-state index is 0.00790. The van der Waals surface area contributed by atoms with Crippen LogP contribution < -0.4 is 0 Å². The number of imide groups is 1. The van der Waals surface area contributed by atoms with Gasteiger partial charge >= 0.3 is 5.97 Å². The summed E-state index contributed by atoms with van der Waals surface area (Å²) in [6.45, 7) is 0. The Labute approximate surface area is 178 Å². The lowest BCUT2D eigenvalue weighted by Gasteiger charge is -2.26. The lowest BCUT2D eigenvalue weighted by atomic mass is 10.1. The van der Waals surface area contributed by atoms with Crippen molar-refractivity contribution in [3.05, 3.63) is 107 Å². The number of amides is 2. The molecule has 1 aliphatic heterocycles. The number of rotatable bonds is 7. The van der Waals surface area contributed by atoms with Crippen LogP contribution in [-0.4, -0.2) is 33.5 Å². The van der Waals surface area contributed by atoms with Gasteiger partial charge in [-0.05, 0) is 29.3 Å². The number of thioether (sulfide) groups is 1. The highest BCUT2D eigenvalue weighted by molar-refractivity contribution is 7.98. The molecule has 5 nitrogen and oxygen atoms in total. The Morgan fingerprint density at radius 1 is 0.867 bits per heavy atom. The number of benzene rings is 3. The number of carbonyl (C=O) groups excluding carboxylic acids is 2. The van der Waals surface area contributed by atoms with E-state index in [9.17, 15) is 19.5 Å². The molecule has 1 atom stereocenters. The smallest absolute Gasteiger partial charge is 0.335 e. The van der Waals surface area contributed by atoms with Gasteiger partial charge in [0.25, 0.3) is 11.8 Å². The van der Waals surface area contributed by atoms with E-state index in [1.807, 2.05) is 60.7 Å². The maximum absolute atomic E-state index is 13.1. The third-order valence-electron chi connectivity index (χ3n) is 5.05. The van der Waals surface area contributed by atoms with Gasteiger partial charge in [-0.3, -0.25) is 14.5 Å². The molecule has 150 valence electrons. The van der Waals surface area contributed by atoms with Crippen LogP contribution in [0.3, 0.4) is 0 Å². The van der Waals surface area contributed by atoms with Gasteiger partial charge in [0.05, 0.1) is 22.7 Å². The molecule has 6 heteroatoms. The summed E-state index contributed by atoms with van der Waals surface area (Å²) in [6, 6.07) is 23.1. The summed E-state index contributed by atoms with van der Waals surface area (Å²) in [6.07, 6.45) is 0. The number of aromatic carboxylic acids is 1. The molecule has 1 N–H and O–H groups in total. The highest BCUT2D eigenvalue weighted by Crippen LogP contribution is 2.34. The number of carbonyl (C=O) groups is 3. The summed E-state index contributed by atoms with van der Waals surface area (Å²) in [4.78, 5) is 38.8. The largest absolute Gasteiger partial charge is 0.478 e. The maximum Gasteiger partial charge on any atom is 0.335 e. The molecule has 1 aliphatic rings. The SMILES string of the molecule is O=C(O)c1ccc2c(c1)C(=O)N(C(CSCc1ccccc1)c1ccccc1)C2=O. The van der Waals surface area contributed by atoms with Gasteiger partial charge in [-0.1, -0.05) is 60.7 Å². The second-order valence-corrected chi connectivity index (χ2v) is 8.00. The molecule has 0 radical (unpaired) electrons. The summed E-state index contributed by atoms with van der Waals surface area (Å²) in [5.74, 6) is -0.671. The number of nitrogens with zero attached hydrogens (tertiary/aromatic N) is 1. The third-order valence-corrected chi connectivity index (χ3v) is 6.14. The van der Waals surface area contributed by atoms with E-state index < -0.39 is 17.9 Å². The zero-order valence-corrected chi connectivity index (χ0v) is 16.8. The molecule has 0 aliphatic carbocycles. The van der Waals surface area contributed by atoms with Crippen LogP contribution in [0, 0.1) is 0 Å². The van der Waals surface area contributed by atoms with Crippen LogP contribution in [-0.2, 0) is 5.75 Å². The van der Waals surface area contributed by atoms with Gasteiger partial charge in [0.15, 0.2) is 0 Å². The Morgan fingerprint density at radius 2 is 1.50 bits per heavy atom. The summed E-state index contributed by atoms with van der Waals surface area (Å²) < 4.78 is 0. The van der Waals surface area contributed by atoms with Crippen molar-refractivity contribution in [2.24, 2.45) is 0 Å². The number of hydrogen-bond donors (Lipinski definition) is 1. The predicted molar refractivity (Wildman–Crippen MR) is 116 cm³/mol. The molecule has 0 saturated carbocycles. The Hall–Kier alpha value is -3.38. The number of carboxylic acids is 1. The van der Waals surface area contributed by atoms with E-state index in [2.05, 4.69) is 0 Å². The first-order chi connectivity index (χ1) is 14.6. The number of carboxylic acid groups (broad SMARTS) is 1. The molecule has 0 spiro atoms. The van der Waals surface area contributed by atoms with Gasteiger partial charge < -0.3 is 5.11 Å². The predicted octanol–water partition coefficient (Wildman–Crippen LogP) is 4.66. The van der Waals surface area contributed by atoms with Crippen molar-refractivity contribution >= 4 is 29.5 Å². The van der Waals surface area contributed by atoms with Crippen LogP contribution in [0.5, 0.6) is 0 Å². The van der Waals surface area contributed by atoms with Crippen LogP contribution in [0.15, 0.2) is 78.9 Å². The van der Waals surface area contributed by atoms with Crippen molar-refractivity contribution in [3.8, 4) is 0 Å². The summed E-state index contributed by atoms with van der Waals surface area (Å²) in [5.41, 5.74) is 2.42. The molecule has 0 saturated heterocycles. The van der Waals surface area contributed by atoms with Crippen molar-refractivity contribution in [2.45, 2.75) is 11.8 Å². The van der Waals surface area contributed by atoms with Gasteiger partial charge in [-0.15, -0.1) is 0 Å². The zero-order chi connectivity index (χ0) is 21.1. The summed E-state index contributed by atoms with van der Waals surface area (Å²) in [7, 11) is 0. The Bertz CT molecular complexity index is 1100. The van der Waals surface area contributed by atoms with Crippen molar-refractivity contribution < 1.29 is 19.5 Å². The second kappa shape index (κ2) is 8.55. The number of fused-ring (bicyclic) bond motifs is 1. The summed E-state index contributed by atoms with van der Waals surface area (Å²) in [5, 5.41) is 9.23. The quantitative estimate of drug-likeness (QED) is 0.566. The number of hydrogen-bond acceptors (Lipinski definition) is 4. The molecule has 0 aromatic heterocycles. The van der Waals surface area contributed by atoms with Gasteiger partial charge in [0.2, 0.25) is 0 Å². The van der Waals surface area contributed by atoms with Crippen molar-refractivity contribution in [2.75, 3.05) is 5.75 Å². The Morgan fingerprint density at radius 3 is 2.17 bits per heavy atom. The van der Waals surface area contributed by atoms with E-state index in [1.165, 1.54) is 28.7 Å². The molecule has 1 heterocycles. The Kier molecular flexibility index (Phi) is 5.68. The fourth-order valence-corrected chi connectivity index (χ4v) is 4.64. The van der Waals surface area contributed by atoms with E-state index in [4.69, 9.17) is 0 Å². The molecule has 3 aromatic carbocycles. The molecule has 3 aromatic rings. The monoisotopic (exact) mass is 417 g/mol. The molecule has 2 amide bonds. The highest BCUT2D eigenvalue weighted by Gasteiger charge is 2.40. The summed E-state index contributed by atoms with van der Waals surface area (Å²) >= 11 is 1.65. The highest BCUT2D eigenvalue weighted by atomic mass is 32.2. The van der Waals surface area contributed by atoms with E-state index in [1.54, 1.807) is 11.8 Å². The van der Waals surface area contributed by atoms with Crippen LogP contribution >= 0.6 is 11.8 Å². The molecule has 0 fully saturated rings. The van der Waals surface area contributed by atoms with Gasteiger partial charge in [0.1, 0.15) is 0 Å². The maximum atomic E-state index is 13.1. The van der Waals surface area contributed by atoms with E-state index in [0.717, 1.165) is 11.3 Å². The van der Waals surface area contributed by atoms with Crippen molar-refractivity contribution in [1.29, 1.82) is 0 Å². The lowest BCUT2D eigenvalue weighted by Crippen LogP contribution is -2.35. The first-order valence-corrected chi connectivity index (χ1v) is 10.6. The zero-order valence-electron chi connectivity index (χ0n) is 16.0. The molecule has 30 heavy (non-hydrogen) atoms. The van der Waals surface area contributed by atoms with Gasteiger partial charge in [0, 0.05) is 11.5 Å². The molecule has 4 rings (SSSR count). The lowest BCUT2D eigenvalue weighted by molar-refractivity contribution is 0.0597. The molecule has 1 unspecified atom stereocenters. The molecular weight excluding hydrogens is 398 g/mol. The fraction of sp³-hybridized carbons (Fsp3) is 0.125. The topological polar surface area (TPSA) is 74.7 Å². The first kappa shape index (κ1) is 19.9. The minimum Gasteiger partial charge on any atom is -0.478 e. The van der Waals surface area contributed by atoms with Crippen molar-refractivity contribution in [1.82, 2.24) is 4.90 Å². The molecular formula is C24H19NO4S. The minimum atomic E-state index is -1.13. The second-order valence-electron chi connectivity index (χ2n) is 6.97. The normalized spacial score (nSPS) is 13.9. The van der Waals surface area contributed by atoms with Crippen LogP contribution in [0.1, 0.15) is 48.2 Å². The van der Waals surface area contributed by atoms with Crippen LogP contribution in [0.4, 0.5) is 0 Å². The van der Waals surface area contributed by atoms with E-state index in [-0.39, 0.29) is 22.6 Å². The van der Waals surface area contributed by atoms with Gasteiger partial charge in [-0.2, -0.15) is 11.8 Å². The van der Waals surface area contributed by atoms with E-state index >= 15 is 0 Å². The standard InChI is InChI=1S/C24H19NO4S/c26-22-19-12-11-18(24(28)29)13-20(19)23(27)25(22)21(17-9-5-2-6-10-17)15-30-14-16-7-3-1-4-8-16/h1-13,21H,14-15H2,(H,28,29). The fourth-order valence-electron chi connectivity index (χ4n) is 3.53. The van der Waals surface area contributed by atoms with Crippen LogP contribution in [0.2, 0.25) is 0 Å². The van der Waals surface area contributed by atoms with Crippen molar-refractivity contribution in [3.63, 3.8) is 0 Å². The average molecular weight is 417 g/mol.